The van der Waals surface area contributed by atoms with Crippen molar-refractivity contribution in [2.45, 2.75) is 46.1 Å². The highest BCUT2D eigenvalue weighted by molar-refractivity contribution is 6.46. The van der Waals surface area contributed by atoms with Crippen molar-refractivity contribution in [3.63, 3.8) is 0 Å². The van der Waals surface area contributed by atoms with E-state index in [2.05, 4.69) is 6.92 Å². The van der Waals surface area contributed by atoms with Gasteiger partial charge in [0.15, 0.2) is 0 Å². The molecule has 2 aromatic rings. The third kappa shape index (κ3) is 5.68. The summed E-state index contributed by atoms with van der Waals surface area (Å²) in [5, 5.41) is 11.3. The minimum absolute atomic E-state index is 0.140. The number of hydrogen-bond acceptors (Lipinski definition) is 5. The fourth-order valence-corrected chi connectivity index (χ4v) is 4.23. The molecule has 1 atom stereocenters. The lowest BCUT2D eigenvalue weighted by atomic mass is 9.93. The molecule has 1 heterocycles. The second-order valence-electron chi connectivity index (χ2n) is 9.24. The molecule has 182 valence electrons. The molecule has 1 amide bonds. The molecule has 0 aromatic heterocycles. The largest absolute Gasteiger partial charge is 0.507 e. The molecule has 0 radical (unpaired) electrons. The summed E-state index contributed by atoms with van der Waals surface area (Å²) in [4.78, 5) is 29.9. The highest BCUT2D eigenvalue weighted by Gasteiger charge is 2.45. The van der Waals surface area contributed by atoms with Crippen molar-refractivity contribution in [1.29, 1.82) is 0 Å². The number of aryl methyl sites for hydroxylation is 2. The molecule has 3 rings (SSSR count). The molecule has 6 heteroatoms. The first-order valence-corrected chi connectivity index (χ1v) is 12.0. The number of aliphatic hydroxyl groups is 1. The fourth-order valence-electron chi connectivity index (χ4n) is 4.23. The molecule has 1 aliphatic heterocycles. The van der Waals surface area contributed by atoms with Gasteiger partial charge in [0, 0.05) is 12.1 Å². The van der Waals surface area contributed by atoms with Gasteiger partial charge in [-0.3, -0.25) is 9.59 Å². The van der Waals surface area contributed by atoms with E-state index in [9.17, 15) is 14.7 Å². The summed E-state index contributed by atoms with van der Waals surface area (Å²) < 4.78 is 5.78. The molecule has 1 fully saturated rings. The van der Waals surface area contributed by atoms with Crippen molar-refractivity contribution >= 4 is 17.4 Å². The summed E-state index contributed by atoms with van der Waals surface area (Å²) in [6.07, 6.45) is 2.74. The van der Waals surface area contributed by atoms with E-state index in [1.54, 1.807) is 17.0 Å². The van der Waals surface area contributed by atoms with E-state index in [0.29, 0.717) is 18.7 Å². The minimum atomic E-state index is -0.643. The van der Waals surface area contributed by atoms with Crippen LogP contribution < -0.4 is 4.74 Å². The predicted octanol–water partition coefficient (Wildman–Crippen LogP) is 4.86. The van der Waals surface area contributed by atoms with E-state index in [0.717, 1.165) is 48.2 Å². The van der Waals surface area contributed by atoms with Crippen molar-refractivity contribution in [1.82, 2.24) is 9.80 Å². The first-order chi connectivity index (χ1) is 16.2. The molecule has 1 unspecified atom stereocenters. The van der Waals surface area contributed by atoms with Gasteiger partial charge in [0.25, 0.3) is 11.7 Å². The standard InChI is InChI=1S/C28H36N2O4/c1-6-7-17-34-22-13-14-23(20(3)18-22)26(31)24-25(21-11-9-19(2)10-12-21)30(28(33)27(24)32)16-8-15-29(4)5/h9-14,18,25,31H,6-8,15-17H2,1-5H3/b26-24+. The van der Waals surface area contributed by atoms with Crippen LogP contribution in [0.2, 0.25) is 0 Å². The van der Waals surface area contributed by atoms with E-state index in [-0.39, 0.29) is 11.3 Å². The summed E-state index contributed by atoms with van der Waals surface area (Å²) in [6, 6.07) is 12.6. The highest BCUT2D eigenvalue weighted by Crippen LogP contribution is 2.40. The number of likely N-dealkylation sites (tertiary alicyclic amines) is 1. The molecule has 1 saturated heterocycles. The van der Waals surface area contributed by atoms with Crippen LogP contribution >= 0.6 is 0 Å². The van der Waals surface area contributed by atoms with Crippen LogP contribution in [0.4, 0.5) is 0 Å². The summed E-state index contributed by atoms with van der Waals surface area (Å²) in [5.41, 5.74) is 3.36. The number of unbranched alkanes of at least 4 members (excludes halogenated alkanes) is 1. The normalized spacial score (nSPS) is 17.6. The second kappa shape index (κ2) is 11.3. The smallest absolute Gasteiger partial charge is 0.295 e. The topological polar surface area (TPSA) is 70.1 Å². The Morgan fingerprint density at radius 2 is 1.76 bits per heavy atom. The number of Topliss-reactive ketones (excluding diaryl/α,β-unsaturated/α-hetero) is 1. The van der Waals surface area contributed by atoms with Crippen molar-refractivity contribution in [2.75, 3.05) is 33.8 Å². The Hall–Kier alpha value is -3.12. The van der Waals surface area contributed by atoms with Gasteiger partial charge in [-0.1, -0.05) is 43.2 Å². The quantitative estimate of drug-likeness (QED) is 0.235. The molecule has 0 aliphatic carbocycles. The second-order valence-corrected chi connectivity index (χ2v) is 9.24. The summed E-state index contributed by atoms with van der Waals surface area (Å²) in [5.74, 6) is -0.628. The van der Waals surface area contributed by atoms with Crippen LogP contribution in [0, 0.1) is 13.8 Å². The molecular weight excluding hydrogens is 428 g/mol. The van der Waals surface area contributed by atoms with E-state index in [4.69, 9.17) is 4.74 Å². The van der Waals surface area contributed by atoms with Gasteiger partial charge in [0.05, 0.1) is 18.2 Å². The number of amides is 1. The number of nitrogens with zero attached hydrogens (tertiary/aromatic N) is 2. The number of benzene rings is 2. The van der Waals surface area contributed by atoms with Gasteiger partial charge >= 0.3 is 0 Å². The molecule has 0 spiro atoms. The molecule has 2 aromatic carbocycles. The molecule has 0 saturated carbocycles. The Bertz CT molecular complexity index is 1060. The zero-order valence-corrected chi connectivity index (χ0v) is 20.9. The van der Waals surface area contributed by atoms with Crippen LogP contribution in [-0.4, -0.2) is 60.4 Å². The maximum absolute atomic E-state index is 13.2. The van der Waals surface area contributed by atoms with Crippen LogP contribution in [0.5, 0.6) is 5.75 Å². The maximum atomic E-state index is 13.2. The number of hydrogen-bond donors (Lipinski definition) is 1. The van der Waals surface area contributed by atoms with Crippen LogP contribution in [0.3, 0.4) is 0 Å². The minimum Gasteiger partial charge on any atom is -0.507 e. The monoisotopic (exact) mass is 464 g/mol. The maximum Gasteiger partial charge on any atom is 0.295 e. The lowest BCUT2D eigenvalue weighted by Gasteiger charge is -2.26. The van der Waals surface area contributed by atoms with Crippen LogP contribution in [0.25, 0.3) is 5.76 Å². The van der Waals surface area contributed by atoms with E-state index < -0.39 is 17.7 Å². The SMILES string of the molecule is CCCCOc1ccc(/C(O)=C2\C(=O)C(=O)N(CCCN(C)C)C2c2ccc(C)cc2)c(C)c1. The molecule has 1 aliphatic rings. The molecule has 1 N–H and O–H groups in total. The van der Waals surface area contributed by atoms with Crippen molar-refractivity contribution in [2.24, 2.45) is 0 Å². The Morgan fingerprint density at radius 1 is 1.06 bits per heavy atom. The summed E-state index contributed by atoms with van der Waals surface area (Å²) in [7, 11) is 3.95. The van der Waals surface area contributed by atoms with Gasteiger partial charge in [-0.2, -0.15) is 0 Å². The zero-order valence-electron chi connectivity index (χ0n) is 20.9. The Kier molecular flexibility index (Phi) is 8.51. The van der Waals surface area contributed by atoms with Gasteiger partial charge in [0.2, 0.25) is 0 Å². The average molecular weight is 465 g/mol. The molecule has 0 bridgehead atoms. The van der Waals surface area contributed by atoms with Gasteiger partial charge < -0.3 is 19.6 Å². The number of ketones is 1. The molecule has 6 nitrogen and oxygen atoms in total. The molecule has 34 heavy (non-hydrogen) atoms. The number of carbonyl (C=O) groups excluding carboxylic acids is 2. The lowest BCUT2D eigenvalue weighted by molar-refractivity contribution is -0.139. The van der Waals surface area contributed by atoms with Gasteiger partial charge in [-0.25, -0.2) is 0 Å². The van der Waals surface area contributed by atoms with Crippen molar-refractivity contribution in [3.05, 3.63) is 70.3 Å². The summed E-state index contributed by atoms with van der Waals surface area (Å²) in [6.45, 7) is 7.83. The van der Waals surface area contributed by atoms with Gasteiger partial charge in [-0.15, -0.1) is 0 Å². The number of rotatable bonds is 10. The Balaban J connectivity index is 2.02. The Labute approximate surface area is 202 Å². The predicted molar refractivity (Wildman–Crippen MR) is 135 cm³/mol. The van der Waals surface area contributed by atoms with Gasteiger partial charge in [-0.05, 0) is 76.7 Å². The van der Waals surface area contributed by atoms with Crippen molar-refractivity contribution in [3.8, 4) is 5.75 Å². The first kappa shape index (κ1) is 25.5. The van der Waals surface area contributed by atoms with Crippen molar-refractivity contribution < 1.29 is 19.4 Å². The van der Waals surface area contributed by atoms with Crippen LogP contribution in [-0.2, 0) is 9.59 Å². The third-order valence-corrected chi connectivity index (χ3v) is 6.16. The van der Waals surface area contributed by atoms with E-state index >= 15 is 0 Å². The first-order valence-electron chi connectivity index (χ1n) is 12.0. The highest BCUT2D eigenvalue weighted by atomic mass is 16.5. The van der Waals surface area contributed by atoms with Gasteiger partial charge in [0.1, 0.15) is 11.5 Å². The molecular formula is C28H36N2O4. The summed E-state index contributed by atoms with van der Waals surface area (Å²) >= 11 is 0. The number of carbonyl (C=O) groups is 2. The zero-order chi connectivity index (χ0) is 24.8. The Morgan fingerprint density at radius 3 is 2.38 bits per heavy atom. The fraction of sp³-hybridized carbons (Fsp3) is 0.429. The number of aliphatic hydroxyl groups excluding tert-OH is 1. The van der Waals surface area contributed by atoms with Crippen LogP contribution in [0.15, 0.2) is 48.0 Å². The number of ether oxygens (including phenoxy) is 1. The lowest BCUT2D eigenvalue weighted by Crippen LogP contribution is -2.32. The van der Waals surface area contributed by atoms with E-state index in [1.807, 2.05) is 63.2 Å². The third-order valence-electron chi connectivity index (χ3n) is 6.16. The van der Waals surface area contributed by atoms with Crippen LogP contribution in [0.1, 0.15) is 54.5 Å². The average Bonchev–Trinajstić information content (AvgIpc) is 3.04. The van der Waals surface area contributed by atoms with E-state index in [1.165, 1.54) is 0 Å².